The van der Waals surface area contributed by atoms with Gasteiger partial charge in [0.1, 0.15) is 0 Å². The lowest BCUT2D eigenvalue weighted by Gasteiger charge is -2.04. The first-order chi connectivity index (χ1) is 11.3. The monoisotopic (exact) mass is 364 g/mol. The predicted octanol–water partition coefficient (Wildman–Crippen LogP) is 6.12. The van der Waals surface area contributed by atoms with Crippen LogP contribution in [0.25, 0.3) is 0 Å². The fourth-order valence-corrected chi connectivity index (χ4v) is 3.78. The quantitative estimate of drug-likeness (QED) is 0.259. The summed E-state index contributed by atoms with van der Waals surface area (Å²) in [5, 5.41) is 0. The van der Waals surface area contributed by atoms with Gasteiger partial charge in [0.15, 0.2) is 11.1 Å². The standard InChI is InChI=1S/C20H42O2S.H2O/c1-3-5-6-7-8-9-10-11-12-13-14-15-16-17-18-19-20-23(21)22-4-2;/h3-20H2,1-2H3;1H2. The summed E-state index contributed by atoms with van der Waals surface area (Å²) in [6.07, 6.45) is 22.0. The summed E-state index contributed by atoms with van der Waals surface area (Å²) in [5.74, 6) is 0.715. The number of hydrogen-bond acceptors (Lipinski definition) is 2. The molecule has 1 atom stereocenters. The molecular weight excluding hydrogens is 320 g/mol. The van der Waals surface area contributed by atoms with Crippen LogP contribution in [-0.2, 0) is 15.3 Å². The molecule has 0 aliphatic rings. The zero-order valence-electron chi connectivity index (χ0n) is 16.5. The number of unbranched alkanes of at least 4 members (excludes halogenated alkanes) is 15. The van der Waals surface area contributed by atoms with Crippen LogP contribution in [0.4, 0.5) is 0 Å². The Balaban J connectivity index is 0. The first-order valence-corrected chi connectivity index (χ1v) is 11.6. The second kappa shape index (κ2) is 23.1. The maximum Gasteiger partial charge on any atom is 0.155 e. The highest BCUT2D eigenvalue weighted by atomic mass is 32.2. The molecule has 0 heterocycles. The van der Waals surface area contributed by atoms with Crippen molar-refractivity contribution in [2.24, 2.45) is 0 Å². The van der Waals surface area contributed by atoms with Crippen LogP contribution in [0.1, 0.15) is 117 Å². The summed E-state index contributed by atoms with van der Waals surface area (Å²) in [4.78, 5) is 0. The van der Waals surface area contributed by atoms with Crippen molar-refractivity contribution in [3.8, 4) is 0 Å². The third kappa shape index (κ3) is 22.1. The van der Waals surface area contributed by atoms with E-state index in [-0.39, 0.29) is 5.48 Å². The highest BCUT2D eigenvalue weighted by Gasteiger charge is 1.98. The van der Waals surface area contributed by atoms with Crippen molar-refractivity contribution in [3.05, 3.63) is 0 Å². The van der Waals surface area contributed by atoms with Gasteiger partial charge in [0.25, 0.3) is 0 Å². The average Bonchev–Trinajstić information content (AvgIpc) is 2.54. The highest BCUT2D eigenvalue weighted by molar-refractivity contribution is 7.80. The minimum Gasteiger partial charge on any atom is -0.412 e. The Kier molecular flexibility index (Phi) is 25.3. The van der Waals surface area contributed by atoms with Gasteiger partial charge in [-0.1, -0.05) is 103 Å². The van der Waals surface area contributed by atoms with E-state index in [1.54, 1.807) is 0 Å². The van der Waals surface area contributed by atoms with Crippen molar-refractivity contribution in [2.75, 3.05) is 12.4 Å². The summed E-state index contributed by atoms with van der Waals surface area (Å²) in [6.45, 7) is 4.74. The van der Waals surface area contributed by atoms with Crippen LogP contribution in [-0.4, -0.2) is 22.0 Å². The first-order valence-electron chi connectivity index (χ1n) is 10.3. The minimum absolute atomic E-state index is 0. The lowest BCUT2D eigenvalue weighted by molar-refractivity contribution is 0.370. The van der Waals surface area contributed by atoms with Crippen LogP contribution in [0.15, 0.2) is 0 Å². The van der Waals surface area contributed by atoms with Crippen LogP contribution in [0.2, 0.25) is 0 Å². The Hall–Kier alpha value is 0.0700. The average molecular weight is 365 g/mol. The molecule has 4 heteroatoms. The summed E-state index contributed by atoms with van der Waals surface area (Å²) in [7, 11) is 0. The van der Waals surface area contributed by atoms with Gasteiger partial charge in [-0.2, -0.15) is 0 Å². The summed E-state index contributed by atoms with van der Waals surface area (Å²) >= 11 is -1.04. The van der Waals surface area contributed by atoms with E-state index >= 15 is 0 Å². The van der Waals surface area contributed by atoms with Crippen LogP contribution in [0.5, 0.6) is 0 Å². The molecule has 2 N–H and O–H groups in total. The molecule has 0 bridgehead atoms. The maximum absolute atomic E-state index is 11.3. The zero-order chi connectivity index (χ0) is 17.0. The van der Waals surface area contributed by atoms with Gasteiger partial charge in [-0.25, -0.2) is 4.21 Å². The normalized spacial score (nSPS) is 12.1. The molecule has 0 spiro atoms. The first kappa shape index (κ1) is 26.3. The Morgan fingerprint density at radius 1 is 0.583 bits per heavy atom. The number of rotatable bonds is 19. The van der Waals surface area contributed by atoms with Crippen LogP contribution < -0.4 is 0 Å². The lowest BCUT2D eigenvalue weighted by atomic mass is 10.0. The fraction of sp³-hybridized carbons (Fsp3) is 1.00. The molecule has 0 aromatic heterocycles. The van der Waals surface area contributed by atoms with Crippen LogP contribution >= 0.6 is 0 Å². The van der Waals surface area contributed by atoms with Gasteiger partial charge in [0, 0.05) is 5.75 Å². The topological polar surface area (TPSA) is 57.8 Å². The van der Waals surface area contributed by atoms with E-state index < -0.39 is 11.1 Å². The molecule has 0 saturated heterocycles. The van der Waals surface area contributed by atoms with E-state index in [2.05, 4.69) is 6.92 Å². The minimum atomic E-state index is -1.04. The molecule has 0 amide bonds. The van der Waals surface area contributed by atoms with Crippen molar-refractivity contribution in [2.45, 2.75) is 117 Å². The van der Waals surface area contributed by atoms with Gasteiger partial charge in [-0.15, -0.1) is 0 Å². The van der Waals surface area contributed by atoms with E-state index in [1.165, 1.54) is 96.3 Å². The van der Waals surface area contributed by atoms with E-state index in [9.17, 15) is 4.21 Å². The van der Waals surface area contributed by atoms with Crippen LogP contribution in [0, 0.1) is 0 Å². The molecular formula is C20H44O3S. The Bertz CT molecular complexity index is 247. The highest BCUT2D eigenvalue weighted by Crippen LogP contribution is 2.13. The second-order valence-electron chi connectivity index (χ2n) is 6.72. The van der Waals surface area contributed by atoms with E-state index in [4.69, 9.17) is 4.18 Å². The smallest absolute Gasteiger partial charge is 0.155 e. The van der Waals surface area contributed by atoms with Gasteiger partial charge >= 0.3 is 0 Å². The second-order valence-corrected chi connectivity index (χ2v) is 7.97. The molecule has 0 aromatic carbocycles. The summed E-state index contributed by atoms with van der Waals surface area (Å²) < 4.78 is 16.3. The van der Waals surface area contributed by atoms with Crippen molar-refractivity contribution in [1.29, 1.82) is 0 Å². The van der Waals surface area contributed by atoms with E-state index in [0.29, 0.717) is 12.4 Å². The van der Waals surface area contributed by atoms with Gasteiger partial charge in [-0.3, -0.25) is 4.18 Å². The zero-order valence-corrected chi connectivity index (χ0v) is 17.3. The van der Waals surface area contributed by atoms with Gasteiger partial charge in [0.2, 0.25) is 0 Å². The van der Waals surface area contributed by atoms with Gasteiger partial charge in [-0.05, 0) is 13.3 Å². The van der Waals surface area contributed by atoms with Crippen molar-refractivity contribution in [1.82, 2.24) is 0 Å². The Morgan fingerprint density at radius 3 is 1.25 bits per heavy atom. The molecule has 1 unspecified atom stereocenters. The molecule has 0 aliphatic heterocycles. The van der Waals surface area contributed by atoms with E-state index in [1.807, 2.05) is 6.92 Å². The third-order valence-electron chi connectivity index (χ3n) is 4.41. The maximum atomic E-state index is 11.3. The SMILES string of the molecule is CCCCCCCCCCCCCCCCCCS(=O)OCC.O. The third-order valence-corrected chi connectivity index (χ3v) is 5.53. The Labute approximate surface area is 154 Å². The van der Waals surface area contributed by atoms with Crippen molar-refractivity contribution < 1.29 is 13.9 Å². The molecule has 0 aliphatic carbocycles. The van der Waals surface area contributed by atoms with Gasteiger partial charge in [0.05, 0.1) is 6.61 Å². The largest absolute Gasteiger partial charge is 0.412 e. The molecule has 0 rings (SSSR count). The van der Waals surface area contributed by atoms with Gasteiger partial charge < -0.3 is 5.48 Å². The predicted molar refractivity (Wildman–Crippen MR) is 108 cm³/mol. The lowest BCUT2D eigenvalue weighted by Crippen LogP contribution is -2.01. The van der Waals surface area contributed by atoms with Crippen molar-refractivity contribution >= 4 is 11.1 Å². The summed E-state index contributed by atoms with van der Waals surface area (Å²) in [6, 6.07) is 0. The molecule has 0 fully saturated rings. The molecule has 0 radical (unpaired) electrons. The van der Waals surface area contributed by atoms with Crippen LogP contribution in [0.3, 0.4) is 0 Å². The Morgan fingerprint density at radius 2 is 0.917 bits per heavy atom. The van der Waals surface area contributed by atoms with Crippen molar-refractivity contribution in [3.63, 3.8) is 0 Å². The molecule has 3 nitrogen and oxygen atoms in total. The summed E-state index contributed by atoms with van der Waals surface area (Å²) in [5.41, 5.74) is 0. The molecule has 148 valence electrons. The molecule has 24 heavy (non-hydrogen) atoms. The molecule has 0 saturated carbocycles. The van der Waals surface area contributed by atoms with E-state index in [0.717, 1.165) is 6.42 Å². The molecule has 0 aromatic rings. The number of hydrogen-bond donors (Lipinski definition) is 0. The fourth-order valence-electron chi connectivity index (χ4n) is 2.96.